The van der Waals surface area contributed by atoms with E-state index < -0.39 is 0 Å². The molecule has 0 bridgehead atoms. The molecule has 0 fully saturated rings. The van der Waals surface area contributed by atoms with Crippen molar-refractivity contribution in [3.8, 4) is 6.07 Å². The fraction of sp³-hybridized carbons (Fsp3) is 0.857. The van der Waals surface area contributed by atoms with Gasteiger partial charge in [-0.2, -0.15) is 5.26 Å². The van der Waals surface area contributed by atoms with Crippen LogP contribution in [0.15, 0.2) is 0 Å². The van der Waals surface area contributed by atoms with E-state index in [1.165, 1.54) is 0 Å². The Morgan fingerprint density at radius 1 is 1.70 bits per heavy atom. The molecule has 0 aromatic carbocycles. The first-order chi connectivity index (χ1) is 4.70. The van der Waals surface area contributed by atoms with Crippen molar-refractivity contribution in [2.24, 2.45) is 5.73 Å². The molecule has 0 aliphatic heterocycles. The normalized spacial score (nSPS) is 13.1. The first-order valence-corrected chi connectivity index (χ1v) is 3.54. The van der Waals surface area contributed by atoms with Crippen LogP contribution in [-0.2, 0) is 0 Å². The zero-order valence-electron chi connectivity index (χ0n) is 6.67. The van der Waals surface area contributed by atoms with Crippen molar-refractivity contribution in [3.05, 3.63) is 0 Å². The van der Waals surface area contributed by atoms with Crippen molar-refractivity contribution >= 4 is 0 Å². The van der Waals surface area contributed by atoms with Gasteiger partial charge in [0, 0.05) is 6.54 Å². The zero-order chi connectivity index (χ0) is 7.98. The monoisotopic (exact) mass is 141 g/mol. The third-order valence-corrected chi connectivity index (χ3v) is 1.28. The highest BCUT2D eigenvalue weighted by molar-refractivity contribution is 4.88. The van der Waals surface area contributed by atoms with Gasteiger partial charge in [0.05, 0.1) is 6.07 Å². The lowest BCUT2D eigenvalue weighted by atomic mass is 10.3. The molecule has 0 aromatic rings. The summed E-state index contributed by atoms with van der Waals surface area (Å²) in [6.07, 6.45) is 1.11. The van der Waals surface area contributed by atoms with Gasteiger partial charge in [0.1, 0.15) is 6.04 Å². The van der Waals surface area contributed by atoms with Gasteiger partial charge in [0.25, 0.3) is 0 Å². The maximum absolute atomic E-state index is 8.35. The van der Waals surface area contributed by atoms with Gasteiger partial charge in [-0.05, 0) is 20.0 Å². The van der Waals surface area contributed by atoms with Crippen LogP contribution in [0.4, 0.5) is 0 Å². The van der Waals surface area contributed by atoms with Crippen LogP contribution in [0.2, 0.25) is 0 Å². The molecule has 2 N–H and O–H groups in total. The van der Waals surface area contributed by atoms with E-state index in [9.17, 15) is 0 Å². The third kappa shape index (κ3) is 4.30. The summed E-state index contributed by atoms with van der Waals surface area (Å²) >= 11 is 0. The molecular formula is C7H15N3. The summed E-state index contributed by atoms with van der Waals surface area (Å²) < 4.78 is 0. The fourth-order valence-electron chi connectivity index (χ4n) is 0.850. The molecule has 10 heavy (non-hydrogen) atoms. The van der Waals surface area contributed by atoms with E-state index in [2.05, 4.69) is 11.8 Å². The molecule has 1 atom stereocenters. The number of hydrogen-bond acceptors (Lipinski definition) is 3. The highest BCUT2D eigenvalue weighted by Crippen LogP contribution is 1.87. The van der Waals surface area contributed by atoms with Crippen LogP contribution in [0.5, 0.6) is 0 Å². The molecule has 0 heterocycles. The maximum atomic E-state index is 8.35. The number of hydrogen-bond donors (Lipinski definition) is 1. The van der Waals surface area contributed by atoms with Crippen molar-refractivity contribution in [1.29, 1.82) is 5.26 Å². The largest absolute Gasteiger partial charge is 0.315 e. The Balaban J connectivity index is 3.39. The topological polar surface area (TPSA) is 53.0 Å². The lowest BCUT2D eigenvalue weighted by Gasteiger charge is -2.15. The standard InChI is InChI=1S/C7H15N3/c1-3-4-10(2)6-7(9)5-8/h7H,3-4,6,9H2,1-2H3. The van der Waals surface area contributed by atoms with Crippen molar-refractivity contribution in [1.82, 2.24) is 4.90 Å². The van der Waals surface area contributed by atoms with Crippen LogP contribution >= 0.6 is 0 Å². The molecule has 0 saturated carbocycles. The Kier molecular flexibility index (Phi) is 4.91. The van der Waals surface area contributed by atoms with Gasteiger partial charge >= 0.3 is 0 Å². The molecule has 0 amide bonds. The minimum atomic E-state index is -0.337. The molecule has 3 heteroatoms. The summed E-state index contributed by atoms with van der Waals surface area (Å²) in [5, 5.41) is 8.35. The second-order valence-corrected chi connectivity index (χ2v) is 2.50. The molecule has 0 radical (unpaired) electrons. The Morgan fingerprint density at radius 2 is 2.30 bits per heavy atom. The number of nitrogens with zero attached hydrogens (tertiary/aromatic N) is 2. The summed E-state index contributed by atoms with van der Waals surface area (Å²) in [7, 11) is 1.97. The maximum Gasteiger partial charge on any atom is 0.106 e. The molecule has 0 aromatic heterocycles. The number of nitrogens with two attached hydrogens (primary N) is 1. The van der Waals surface area contributed by atoms with E-state index in [0.29, 0.717) is 6.54 Å². The molecule has 58 valence electrons. The molecule has 3 nitrogen and oxygen atoms in total. The quantitative estimate of drug-likeness (QED) is 0.607. The average molecular weight is 141 g/mol. The first-order valence-electron chi connectivity index (χ1n) is 3.54. The minimum absolute atomic E-state index is 0.337. The van der Waals surface area contributed by atoms with E-state index >= 15 is 0 Å². The second-order valence-electron chi connectivity index (χ2n) is 2.50. The molecule has 0 aliphatic rings. The van der Waals surface area contributed by atoms with Gasteiger partial charge in [-0.25, -0.2) is 0 Å². The van der Waals surface area contributed by atoms with Gasteiger partial charge in [-0.3, -0.25) is 0 Å². The Labute approximate surface area is 62.4 Å². The Hall–Kier alpha value is -0.590. The van der Waals surface area contributed by atoms with Crippen molar-refractivity contribution in [3.63, 3.8) is 0 Å². The predicted molar refractivity (Wildman–Crippen MR) is 41.4 cm³/mol. The molecular weight excluding hydrogens is 126 g/mol. The lowest BCUT2D eigenvalue weighted by Crippen LogP contribution is -2.34. The summed E-state index contributed by atoms with van der Waals surface area (Å²) in [5.41, 5.74) is 5.40. The molecule has 0 spiro atoms. The van der Waals surface area contributed by atoms with E-state index in [1.54, 1.807) is 0 Å². The van der Waals surface area contributed by atoms with Crippen LogP contribution in [0.1, 0.15) is 13.3 Å². The van der Waals surface area contributed by atoms with Crippen LogP contribution in [0.25, 0.3) is 0 Å². The molecule has 1 unspecified atom stereocenters. The summed E-state index contributed by atoms with van der Waals surface area (Å²) in [5.74, 6) is 0. The number of likely N-dealkylation sites (N-methyl/N-ethyl adjacent to an activating group) is 1. The SMILES string of the molecule is CCCN(C)CC(N)C#N. The molecule has 0 rings (SSSR count). The van der Waals surface area contributed by atoms with E-state index in [1.807, 2.05) is 13.1 Å². The first kappa shape index (κ1) is 9.41. The van der Waals surface area contributed by atoms with Gasteiger partial charge in [-0.15, -0.1) is 0 Å². The van der Waals surface area contributed by atoms with Crippen molar-refractivity contribution in [2.75, 3.05) is 20.1 Å². The number of nitriles is 1. The number of rotatable bonds is 4. The van der Waals surface area contributed by atoms with Gasteiger partial charge in [0.2, 0.25) is 0 Å². The summed E-state index contributed by atoms with van der Waals surface area (Å²) in [6.45, 7) is 3.79. The van der Waals surface area contributed by atoms with E-state index in [4.69, 9.17) is 11.0 Å². The smallest absolute Gasteiger partial charge is 0.106 e. The van der Waals surface area contributed by atoms with Crippen molar-refractivity contribution in [2.45, 2.75) is 19.4 Å². The van der Waals surface area contributed by atoms with E-state index in [0.717, 1.165) is 13.0 Å². The molecule has 0 saturated heterocycles. The summed E-state index contributed by atoms with van der Waals surface area (Å²) in [6, 6.07) is 1.65. The van der Waals surface area contributed by atoms with Crippen LogP contribution in [0.3, 0.4) is 0 Å². The lowest BCUT2D eigenvalue weighted by molar-refractivity contribution is 0.328. The fourth-order valence-corrected chi connectivity index (χ4v) is 0.850. The zero-order valence-corrected chi connectivity index (χ0v) is 6.67. The third-order valence-electron chi connectivity index (χ3n) is 1.28. The second kappa shape index (κ2) is 5.21. The van der Waals surface area contributed by atoms with Gasteiger partial charge < -0.3 is 10.6 Å². The minimum Gasteiger partial charge on any atom is -0.315 e. The molecule has 0 aliphatic carbocycles. The Morgan fingerprint density at radius 3 is 2.70 bits per heavy atom. The highest BCUT2D eigenvalue weighted by atomic mass is 15.1. The predicted octanol–water partition coefficient (Wildman–Crippen LogP) is 0.179. The van der Waals surface area contributed by atoms with Crippen molar-refractivity contribution < 1.29 is 0 Å². The van der Waals surface area contributed by atoms with Crippen LogP contribution in [0, 0.1) is 11.3 Å². The average Bonchev–Trinajstić information content (AvgIpc) is 1.88. The van der Waals surface area contributed by atoms with Gasteiger partial charge in [0.15, 0.2) is 0 Å². The highest BCUT2D eigenvalue weighted by Gasteiger charge is 2.02. The van der Waals surface area contributed by atoms with Crippen LogP contribution < -0.4 is 5.73 Å². The summed E-state index contributed by atoms with van der Waals surface area (Å²) in [4.78, 5) is 2.06. The van der Waals surface area contributed by atoms with E-state index in [-0.39, 0.29) is 6.04 Å². The van der Waals surface area contributed by atoms with Crippen LogP contribution in [-0.4, -0.2) is 31.1 Å². The Bertz CT molecular complexity index is 117. The van der Waals surface area contributed by atoms with Gasteiger partial charge in [-0.1, -0.05) is 6.92 Å².